The fraction of sp³-hybridized carbons (Fsp3) is 0.500. The second-order valence-electron chi connectivity index (χ2n) is 5.94. The van der Waals surface area contributed by atoms with E-state index < -0.39 is 0 Å². The molecule has 7 heteroatoms. The van der Waals surface area contributed by atoms with Gasteiger partial charge in [0.1, 0.15) is 18.5 Å². The minimum atomic E-state index is 0.221. The summed E-state index contributed by atoms with van der Waals surface area (Å²) >= 11 is 0. The third-order valence-corrected chi connectivity index (χ3v) is 4.26. The number of aromatic nitrogens is 4. The predicted molar refractivity (Wildman–Crippen MR) is 84.2 cm³/mol. The molecule has 1 amide bonds. The molecule has 2 aromatic heterocycles. The summed E-state index contributed by atoms with van der Waals surface area (Å²) in [7, 11) is 1.66. The van der Waals surface area contributed by atoms with Gasteiger partial charge in [0.25, 0.3) is 0 Å². The van der Waals surface area contributed by atoms with E-state index in [-0.39, 0.29) is 5.91 Å². The fourth-order valence-electron chi connectivity index (χ4n) is 2.96. The minimum Gasteiger partial charge on any atom is -0.383 e. The summed E-state index contributed by atoms with van der Waals surface area (Å²) in [4.78, 5) is 18.4. The van der Waals surface area contributed by atoms with Crippen molar-refractivity contribution in [3.8, 4) is 5.82 Å². The number of nitrogens with zero attached hydrogens (tertiary/aromatic N) is 5. The molecular formula is C16H21N5O2. The molecule has 1 saturated heterocycles. The third kappa shape index (κ3) is 3.56. The van der Waals surface area contributed by atoms with Crippen LogP contribution >= 0.6 is 0 Å². The summed E-state index contributed by atoms with van der Waals surface area (Å²) in [6, 6.07) is 2.03. The molecule has 3 rings (SSSR count). The maximum absolute atomic E-state index is 12.0. The van der Waals surface area contributed by atoms with E-state index >= 15 is 0 Å². The lowest BCUT2D eigenvalue weighted by Gasteiger charge is -2.16. The molecule has 0 aliphatic carbocycles. The number of carbonyl (C=O) groups is 1. The molecule has 0 bridgehead atoms. The number of aryl methyl sites for hydroxylation is 1. The number of hydrogen-bond acceptors (Lipinski definition) is 5. The highest BCUT2D eigenvalue weighted by molar-refractivity contribution is 5.78. The van der Waals surface area contributed by atoms with Crippen molar-refractivity contribution >= 4 is 5.91 Å². The van der Waals surface area contributed by atoms with Crippen LogP contribution in [0.3, 0.4) is 0 Å². The van der Waals surface area contributed by atoms with Gasteiger partial charge in [0.05, 0.1) is 6.61 Å². The molecule has 0 saturated carbocycles. The molecule has 0 radical (unpaired) electrons. The minimum absolute atomic E-state index is 0.221. The average Bonchev–Trinajstić information content (AvgIpc) is 3.17. The van der Waals surface area contributed by atoms with Crippen molar-refractivity contribution in [2.75, 3.05) is 26.8 Å². The quantitative estimate of drug-likeness (QED) is 0.795. The Balaban J connectivity index is 1.66. The Hall–Kier alpha value is -2.28. The zero-order valence-electron chi connectivity index (χ0n) is 13.5. The second-order valence-corrected chi connectivity index (χ2v) is 5.94. The van der Waals surface area contributed by atoms with E-state index in [0.29, 0.717) is 25.5 Å². The van der Waals surface area contributed by atoms with Crippen molar-refractivity contribution in [2.24, 2.45) is 5.92 Å². The fourth-order valence-corrected chi connectivity index (χ4v) is 2.96. The van der Waals surface area contributed by atoms with Crippen LogP contribution in [-0.2, 0) is 16.0 Å². The summed E-state index contributed by atoms with van der Waals surface area (Å²) in [5.41, 5.74) is 2.36. The van der Waals surface area contributed by atoms with Gasteiger partial charge < -0.3 is 9.64 Å². The molecule has 2 aromatic rings. The highest BCUT2D eigenvalue weighted by Gasteiger charge is 2.29. The van der Waals surface area contributed by atoms with Crippen LogP contribution in [0.2, 0.25) is 0 Å². The number of likely N-dealkylation sites (tertiary alicyclic amines) is 1. The number of ether oxygens (including phenoxy) is 1. The maximum atomic E-state index is 12.0. The first-order valence-electron chi connectivity index (χ1n) is 7.74. The topological polar surface area (TPSA) is 73.1 Å². The zero-order chi connectivity index (χ0) is 16.2. The lowest BCUT2D eigenvalue weighted by atomic mass is 9.97. The van der Waals surface area contributed by atoms with Gasteiger partial charge in [-0.05, 0) is 36.5 Å². The number of hydrogen-bond donors (Lipinski definition) is 0. The third-order valence-electron chi connectivity index (χ3n) is 4.26. The number of pyridine rings is 1. The van der Waals surface area contributed by atoms with Crippen molar-refractivity contribution in [1.82, 2.24) is 24.6 Å². The van der Waals surface area contributed by atoms with Crippen LogP contribution in [0.1, 0.15) is 17.5 Å². The Labute approximate surface area is 135 Å². The molecule has 0 unspecified atom stereocenters. The van der Waals surface area contributed by atoms with Crippen LogP contribution < -0.4 is 0 Å². The van der Waals surface area contributed by atoms with Gasteiger partial charge >= 0.3 is 0 Å². The Bertz CT molecular complexity index is 671. The normalized spacial score (nSPS) is 17.9. The lowest BCUT2D eigenvalue weighted by Crippen LogP contribution is -2.28. The van der Waals surface area contributed by atoms with E-state index in [0.717, 1.165) is 18.8 Å². The molecule has 23 heavy (non-hydrogen) atoms. The molecule has 0 aromatic carbocycles. The van der Waals surface area contributed by atoms with Crippen molar-refractivity contribution < 1.29 is 9.53 Å². The first kappa shape index (κ1) is 15.6. The van der Waals surface area contributed by atoms with Gasteiger partial charge in [-0.15, -0.1) is 10.2 Å². The van der Waals surface area contributed by atoms with E-state index in [2.05, 4.69) is 22.1 Å². The van der Waals surface area contributed by atoms with E-state index in [1.165, 1.54) is 11.1 Å². The Morgan fingerprint density at radius 2 is 2.13 bits per heavy atom. The van der Waals surface area contributed by atoms with Gasteiger partial charge in [-0.25, -0.2) is 4.98 Å². The zero-order valence-corrected chi connectivity index (χ0v) is 13.5. The summed E-state index contributed by atoms with van der Waals surface area (Å²) in [5, 5.41) is 7.59. The van der Waals surface area contributed by atoms with Gasteiger partial charge in [-0.2, -0.15) is 0 Å². The SMILES string of the molecule is COCCN1C[C@@H](Cc2cnc(-n3cnnc3)cc2C)CC1=O. The van der Waals surface area contributed by atoms with Crippen molar-refractivity contribution in [3.05, 3.63) is 36.0 Å². The largest absolute Gasteiger partial charge is 0.383 e. The highest BCUT2D eigenvalue weighted by Crippen LogP contribution is 2.23. The lowest BCUT2D eigenvalue weighted by molar-refractivity contribution is -0.128. The van der Waals surface area contributed by atoms with Gasteiger partial charge in [0, 0.05) is 32.8 Å². The molecule has 1 atom stereocenters. The standard InChI is InChI=1S/C16H21N5O2/c1-12-5-15(21-10-18-19-11-21)17-8-14(12)6-13-7-16(22)20(9-13)3-4-23-2/h5,8,10-11,13H,3-4,6-7,9H2,1-2H3/t13-/m0/s1. The van der Waals surface area contributed by atoms with Gasteiger partial charge in [-0.3, -0.25) is 9.36 Å². The molecule has 1 fully saturated rings. The van der Waals surface area contributed by atoms with Gasteiger partial charge in [0.15, 0.2) is 0 Å². The van der Waals surface area contributed by atoms with E-state index in [9.17, 15) is 4.79 Å². The van der Waals surface area contributed by atoms with Crippen LogP contribution in [0.15, 0.2) is 24.9 Å². The van der Waals surface area contributed by atoms with Crippen LogP contribution in [0.25, 0.3) is 5.82 Å². The molecular weight excluding hydrogens is 294 g/mol. The monoisotopic (exact) mass is 315 g/mol. The molecule has 0 spiro atoms. The predicted octanol–water partition coefficient (Wildman–Crippen LogP) is 1.01. The molecule has 122 valence electrons. The van der Waals surface area contributed by atoms with Gasteiger partial charge in [-0.1, -0.05) is 0 Å². The van der Waals surface area contributed by atoms with E-state index in [4.69, 9.17) is 4.74 Å². The molecule has 3 heterocycles. The molecule has 1 aliphatic rings. The number of amides is 1. The summed E-state index contributed by atoms with van der Waals surface area (Å²) < 4.78 is 6.84. The van der Waals surface area contributed by atoms with Crippen molar-refractivity contribution in [3.63, 3.8) is 0 Å². The van der Waals surface area contributed by atoms with Crippen molar-refractivity contribution in [1.29, 1.82) is 0 Å². The first-order chi connectivity index (χ1) is 11.2. The summed E-state index contributed by atoms with van der Waals surface area (Å²) in [6.45, 7) is 4.14. The molecule has 0 N–H and O–H groups in total. The number of methoxy groups -OCH3 is 1. The second kappa shape index (κ2) is 6.87. The number of rotatable bonds is 6. The maximum Gasteiger partial charge on any atom is 0.223 e. The van der Waals surface area contributed by atoms with E-state index in [1.807, 2.05) is 17.2 Å². The molecule has 1 aliphatic heterocycles. The van der Waals surface area contributed by atoms with E-state index in [1.54, 1.807) is 24.3 Å². The van der Waals surface area contributed by atoms with Gasteiger partial charge in [0.2, 0.25) is 5.91 Å². The number of carbonyl (C=O) groups excluding carboxylic acids is 1. The Kier molecular flexibility index (Phi) is 4.66. The first-order valence-corrected chi connectivity index (χ1v) is 7.74. The Morgan fingerprint density at radius 1 is 1.35 bits per heavy atom. The van der Waals surface area contributed by atoms with Crippen LogP contribution in [0, 0.1) is 12.8 Å². The smallest absolute Gasteiger partial charge is 0.223 e. The van der Waals surface area contributed by atoms with Crippen LogP contribution in [-0.4, -0.2) is 57.4 Å². The van der Waals surface area contributed by atoms with Crippen LogP contribution in [0.5, 0.6) is 0 Å². The summed E-state index contributed by atoms with van der Waals surface area (Å²) in [6.07, 6.45) is 6.63. The average molecular weight is 315 g/mol. The molecule has 7 nitrogen and oxygen atoms in total. The van der Waals surface area contributed by atoms with Crippen molar-refractivity contribution in [2.45, 2.75) is 19.8 Å². The highest BCUT2D eigenvalue weighted by atomic mass is 16.5. The summed E-state index contributed by atoms with van der Waals surface area (Å²) in [5.74, 6) is 1.37. The van der Waals surface area contributed by atoms with Crippen LogP contribution in [0.4, 0.5) is 0 Å². The Morgan fingerprint density at radius 3 is 2.83 bits per heavy atom.